The van der Waals surface area contributed by atoms with E-state index < -0.39 is 0 Å². The van der Waals surface area contributed by atoms with E-state index in [0.717, 1.165) is 16.7 Å². The number of carbonyl (C=O) groups excluding carboxylic acids is 1. The number of benzene rings is 2. The Balaban J connectivity index is 1.99. The summed E-state index contributed by atoms with van der Waals surface area (Å²) < 4.78 is 10.7. The zero-order valence-corrected chi connectivity index (χ0v) is 13.8. The molecule has 2 aromatic rings. The maximum Gasteiger partial charge on any atom is 0.275 e. The Hall–Kier alpha value is -3.08. The van der Waals surface area contributed by atoms with Gasteiger partial charge in [-0.05, 0) is 19.1 Å². The number of nitrogens with zero attached hydrogens (tertiary/aromatic N) is 1. The molecule has 0 atom stereocenters. The van der Waals surface area contributed by atoms with Gasteiger partial charge in [-0.15, -0.1) is 0 Å². The van der Waals surface area contributed by atoms with E-state index in [0.29, 0.717) is 23.0 Å². The third-order valence-corrected chi connectivity index (χ3v) is 3.75. The third-order valence-electron chi connectivity index (χ3n) is 3.75. The summed E-state index contributed by atoms with van der Waals surface area (Å²) in [6.07, 6.45) is 1.69. The van der Waals surface area contributed by atoms with Crippen molar-refractivity contribution in [1.29, 1.82) is 0 Å². The Kier molecular flexibility index (Phi) is 4.33. The number of aliphatic imine (C=N–C) groups is 1. The number of para-hydroxylation sites is 1. The molecule has 1 heterocycles. The lowest BCUT2D eigenvalue weighted by molar-refractivity contribution is -0.115. The van der Waals surface area contributed by atoms with Crippen LogP contribution in [0.2, 0.25) is 0 Å². The van der Waals surface area contributed by atoms with Crippen LogP contribution in [-0.2, 0) is 4.79 Å². The van der Waals surface area contributed by atoms with E-state index in [1.807, 2.05) is 43.3 Å². The van der Waals surface area contributed by atoms with Gasteiger partial charge in [0.1, 0.15) is 11.5 Å². The van der Waals surface area contributed by atoms with E-state index in [4.69, 9.17) is 9.47 Å². The second-order valence-electron chi connectivity index (χ2n) is 5.39. The standard InChI is InChI=1S/C19H18N2O3/c1-12-7-9-13(10-8-12)18-20-15(19(22)21-18)11-14-5-4-6-16(23-2)17(14)24-3/h4-11H,1-3H3,(H,20,21,22)/b15-11+. The minimum atomic E-state index is -0.240. The second kappa shape index (κ2) is 6.58. The highest BCUT2D eigenvalue weighted by molar-refractivity contribution is 6.19. The normalized spacial score (nSPS) is 15.2. The number of methoxy groups -OCH3 is 2. The van der Waals surface area contributed by atoms with E-state index in [1.165, 1.54) is 0 Å². The number of aryl methyl sites for hydroxylation is 1. The van der Waals surface area contributed by atoms with Crippen LogP contribution >= 0.6 is 0 Å². The molecule has 0 radical (unpaired) electrons. The number of carbonyl (C=O) groups is 1. The minimum Gasteiger partial charge on any atom is -0.493 e. The van der Waals surface area contributed by atoms with Crippen molar-refractivity contribution in [3.05, 3.63) is 64.9 Å². The number of nitrogens with one attached hydrogen (secondary N) is 1. The molecule has 0 fully saturated rings. The molecule has 0 aromatic heterocycles. The monoisotopic (exact) mass is 322 g/mol. The van der Waals surface area contributed by atoms with Gasteiger partial charge in [-0.2, -0.15) is 0 Å². The summed E-state index contributed by atoms with van der Waals surface area (Å²) in [7, 11) is 3.14. The molecular formula is C19H18N2O3. The van der Waals surface area contributed by atoms with Crippen LogP contribution in [0.3, 0.4) is 0 Å². The number of rotatable bonds is 4. The van der Waals surface area contributed by atoms with Gasteiger partial charge in [0.05, 0.1) is 14.2 Å². The van der Waals surface area contributed by atoms with Crippen LogP contribution in [0.15, 0.2) is 53.2 Å². The molecule has 1 aliphatic rings. The van der Waals surface area contributed by atoms with Crippen molar-refractivity contribution in [3.8, 4) is 11.5 Å². The van der Waals surface area contributed by atoms with Gasteiger partial charge >= 0.3 is 0 Å². The summed E-state index contributed by atoms with van der Waals surface area (Å²) in [5, 5.41) is 2.80. The molecule has 24 heavy (non-hydrogen) atoms. The first-order valence-corrected chi connectivity index (χ1v) is 7.52. The first-order valence-electron chi connectivity index (χ1n) is 7.52. The van der Waals surface area contributed by atoms with E-state index in [1.54, 1.807) is 26.4 Å². The summed E-state index contributed by atoms with van der Waals surface area (Å²) in [5.41, 5.74) is 3.09. The summed E-state index contributed by atoms with van der Waals surface area (Å²) in [6, 6.07) is 13.3. The molecule has 122 valence electrons. The van der Waals surface area contributed by atoms with Crippen LogP contribution in [0.5, 0.6) is 11.5 Å². The molecule has 1 aliphatic heterocycles. The average Bonchev–Trinajstić information content (AvgIpc) is 2.96. The zero-order chi connectivity index (χ0) is 17.1. The number of amidine groups is 1. The van der Waals surface area contributed by atoms with Crippen molar-refractivity contribution in [2.24, 2.45) is 4.99 Å². The molecule has 2 aromatic carbocycles. The smallest absolute Gasteiger partial charge is 0.275 e. The van der Waals surface area contributed by atoms with Crippen LogP contribution in [0, 0.1) is 6.92 Å². The largest absolute Gasteiger partial charge is 0.493 e. The zero-order valence-electron chi connectivity index (χ0n) is 13.8. The lowest BCUT2D eigenvalue weighted by Crippen LogP contribution is -2.24. The number of amides is 1. The SMILES string of the molecule is COc1cccc(/C=C2/N=C(c3ccc(C)cc3)NC2=O)c1OC. The Morgan fingerprint density at radius 3 is 2.46 bits per heavy atom. The molecule has 0 saturated heterocycles. The van der Waals surface area contributed by atoms with Crippen molar-refractivity contribution >= 4 is 17.8 Å². The van der Waals surface area contributed by atoms with Gasteiger partial charge in [0, 0.05) is 11.1 Å². The van der Waals surface area contributed by atoms with Gasteiger partial charge in [0.15, 0.2) is 11.5 Å². The van der Waals surface area contributed by atoms with Gasteiger partial charge in [-0.25, -0.2) is 4.99 Å². The van der Waals surface area contributed by atoms with E-state index >= 15 is 0 Å². The maximum atomic E-state index is 12.2. The topological polar surface area (TPSA) is 59.9 Å². The summed E-state index contributed by atoms with van der Waals surface area (Å²) in [6.45, 7) is 2.01. The Morgan fingerprint density at radius 1 is 1.04 bits per heavy atom. The molecule has 0 spiro atoms. The molecule has 0 saturated carbocycles. The van der Waals surface area contributed by atoms with Crippen LogP contribution in [-0.4, -0.2) is 26.0 Å². The van der Waals surface area contributed by atoms with Crippen LogP contribution < -0.4 is 14.8 Å². The summed E-state index contributed by atoms with van der Waals surface area (Å²) >= 11 is 0. The number of hydrogen-bond acceptors (Lipinski definition) is 4. The molecule has 0 unspecified atom stereocenters. The Morgan fingerprint density at radius 2 is 1.79 bits per heavy atom. The van der Waals surface area contributed by atoms with Gasteiger partial charge in [-0.1, -0.05) is 42.0 Å². The molecule has 0 aliphatic carbocycles. The van der Waals surface area contributed by atoms with Gasteiger partial charge in [0.2, 0.25) is 0 Å². The maximum absolute atomic E-state index is 12.2. The first-order chi connectivity index (χ1) is 11.6. The average molecular weight is 322 g/mol. The molecule has 5 nitrogen and oxygen atoms in total. The first kappa shape index (κ1) is 15.8. The van der Waals surface area contributed by atoms with E-state index in [9.17, 15) is 4.79 Å². The fourth-order valence-corrected chi connectivity index (χ4v) is 2.49. The third kappa shape index (κ3) is 3.01. The predicted molar refractivity (Wildman–Crippen MR) is 93.4 cm³/mol. The van der Waals surface area contributed by atoms with Crippen LogP contribution in [0.1, 0.15) is 16.7 Å². The highest BCUT2D eigenvalue weighted by atomic mass is 16.5. The van der Waals surface area contributed by atoms with Gasteiger partial charge < -0.3 is 14.8 Å². The van der Waals surface area contributed by atoms with Gasteiger partial charge in [0.25, 0.3) is 5.91 Å². The predicted octanol–water partition coefficient (Wildman–Crippen LogP) is 2.93. The Bertz CT molecular complexity index is 836. The fraction of sp³-hybridized carbons (Fsp3) is 0.158. The number of hydrogen-bond donors (Lipinski definition) is 1. The molecule has 1 amide bonds. The minimum absolute atomic E-state index is 0.240. The summed E-state index contributed by atoms with van der Waals surface area (Å²) in [4.78, 5) is 16.6. The van der Waals surface area contributed by atoms with Crippen molar-refractivity contribution in [2.45, 2.75) is 6.92 Å². The quantitative estimate of drug-likeness (QED) is 0.881. The van der Waals surface area contributed by atoms with Gasteiger partial charge in [-0.3, -0.25) is 4.79 Å². The van der Waals surface area contributed by atoms with Crippen molar-refractivity contribution in [2.75, 3.05) is 14.2 Å². The van der Waals surface area contributed by atoms with Crippen LogP contribution in [0.25, 0.3) is 6.08 Å². The van der Waals surface area contributed by atoms with Crippen molar-refractivity contribution in [3.63, 3.8) is 0 Å². The van der Waals surface area contributed by atoms with E-state index in [2.05, 4.69) is 10.3 Å². The summed E-state index contributed by atoms with van der Waals surface area (Å²) in [5.74, 6) is 1.48. The molecular weight excluding hydrogens is 304 g/mol. The van der Waals surface area contributed by atoms with Crippen LogP contribution in [0.4, 0.5) is 0 Å². The lowest BCUT2D eigenvalue weighted by Gasteiger charge is -2.09. The van der Waals surface area contributed by atoms with Crippen molar-refractivity contribution < 1.29 is 14.3 Å². The molecule has 0 bridgehead atoms. The molecule has 1 N–H and O–H groups in total. The number of ether oxygens (including phenoxy) is 2. The van der Waals surface area contributed by atoms with Crippen molar-refractivity contribution in [1.82, 2.24) is 5.32 Å². The molecule has 5 heteroatoms. The fourth-order valence-electron chi connectivity index (χ4n) is 2.49. The van der Waals surface area contributed by atoms with E-state index in [-0.39, 0.29) is 5.91 Å². The highest BCUT2D eigenvalue weighted by Gasteiger charge is 2.22. The Labute approximate surface area is 140 Å². The highest BCUT2D eigenvalue weighted by Crippen LogP contribution is 2.32. The molecule has 3 rings (SSSR count). The second-order valence-corrected chi connectivity index (χ2v) is 5.39. The lowest BCUT2D eigenvalue weighted by atomic mass is 10.1.